The molecule has 0 aliphatic rings. The zero-order valence-corrected chi connectivity index (χ0v) is 13.5. The highest BCUT2D eigenvalue weighted by Crippen LogP contribution is 2.25. The Morgan fingerprint density at radius 3 is 2.71 bits per heavy atom. The average molecular weight is 324 g/mol. The first-order valence-electron chi connectivity index (χ1n) is 7.59. The molecule has 5 nitrogen and oxygen atoms in total. The Kier molecular flexibility index (Phi) is 4.65. The van der Waals surface area contributed by atoms with Gasteiger partial charge >= 0.3 is 0 Å². The van der Waals surface area contributed by atoms with Gasteiger partial charge in [0.2, 0.25) is 0 Å². The van der Waals surface area contributed by atoms with Crippen molar-refractivity contribution in [3.05, 3.63) is 60.2 Å². The molecule has 122 valence electrons. The number of nitrogens with zero attached hydrogens (tertiary/aromatic N) is 3. The number of hydrogen-bond donors (Lipinski definition) is 1. The van der Waals surface area contributed by atoms with Gasteiger partial charge in [0.25, 0.3) is 0 Å². The lowest BCUT2D eigenvalue weighted by Gasteiger charge is -2.10. The molecule has 1 aromatic carbocycles. The zero-order chi connectivity index (χ0) is 16.9. The molecule has 6 heteroatoms. The van der Waals surface area contributed by atoms with Gasteiger partial charge in [-0.1, -0.05) is 13.0 Å². The normalized spacial score (nSPS) is 10.5. The van der Waals surface area contributed by atoms with Crippen LogP contribution in [0.1, 0.15) is 12.6 Å². The van der Waals surface area contributed by atoms with Crippen molar-refractivity contribution in [1.82, 2.24) is 15.0 Å². The number of pyridine rings is 1. The molecule has 0 saturated heterocycles. The minimum atomic E-state index is -0.408. The third kappa shape index (κ3) is 3.48. The lowest BCUT2D eigenvalue weighted by Crippen LogP contribution is -2.02. The van der Waals surface area contributed by atoms with E-state index in [0.717, 1.165) is 12.1 Å². The molecule has 0 unspecified atom stereocenters. The molecule has 24 heavy (non-hydrogen) atoms. The number of benzene rings is 1. The van der Waals surface area contributed by atoms with Crippen LogP contribution in [0.5, 0.6) is 5.75 Å². The van der Waals surface area contributed by atoms with E-state index in [1.54, 1.807) is 18.3 Å². The van der Waals surface area contributed by atoms with Crippen molar-refractivity contribution < 1.29 is 9.13 Å². The third-order valence-corrected chi connectivity index (χ3v) is 3.46. The fraction of sp³-hybridized carbons (Fsp3) is 0.167. The van der Waals surface area contributed by atoms with Gasteiger partial charge in [-0.2, -0.15) is 0 Å². The fourth-order valence-corrected chi connectivity index (χ4v) is 2.24. The minimum absolute atomic E-state index is 0.176. The molecule has 3 rings (SSSR count). The van der Waals surface area contributed by atoms with E-state index in [9.17, 15) is 4.39 Å². The van der Waals surface area contributed by atoms with E-state index >= 15 is 0 Å². The van der Waals surface area contributed by atoms with Crippen LogP contribution in [-0.4, -0.2) is 22.1 Å². The summed E-state index contributed by atoms with van der Waals surface area (Å²) in [7, 11) is 1.43. The highest BCUT2D eigenvalue weighted by Gasteiger charge is 2.09. The number of nitrogens with one attached hydrogen (secondary N) is 1. The maximum atomic E-state index is 13.5. The van der Waals surface area contributed by atoms with Crippen molar-refractivity contribution in [2.24, 2.45) is 0 Å². The van der Waals surface area contributed by atoms with Gasteiger partial charge < -0.3 is 10.1 Å². The van der Waals surface area contributed by atoms with Crippen LogP contribution in [0.4, 0.5) is 15.9 Å². The van der Waals surface area contributed by atoms with Gasteiger partial charge in [0.15, 0.2) is 17.4 Å². The molecule has 0 radical (unpaired) electrons. The number of halogens is 1. The third-order valence-electron chi connectivity index (χ3n) is 3.46. The number of aryl methyl sites for hydroxylation is 1. The Hall–Kier alpha value is -3.02. The predicted octanol–water partition coefficient (Wildman–Crippen LogP) is 3.99. The van der Waals surface area contributed by atoms with E-state index in [4.69, 9.17) is 4.74 Å². The van der Waals surface area contributed by atoms with Crippen LogP contribution in [0.2, 0.25) is 0 Å². The molecule has 0 amide bonds. The van der Waals surface area contributed by atoms with Crippen molar-refractivity contribution in [2.45, 2.75) is 13.3 Å². The number of hydrogen-bond acceptors (Lipinski definition) is 5. The molecule has 0 aliphatic carbocycles. The summed E-state index contributed by atoms with van der Waals surface area (Å²) < 4.78 is 18.5. The van der Waals surface area contributed by atoms with Crippen LogP contribution in [0.15, 0.2) is 48.7 Å². The lowest BCUT2D eigenvalue weighted by molar-refractivity contribution is 0.387. The molecule has 3 aromatic rings. The van der Waals surface area contributed by atoms with Crippen molar-refractivity contribution in [3.8, 4) is 17.3 Å². The Balaban J connectivity index is 1.96. The largest absolute Gasteiger partial charge is 0.494 e. The molecule has 0 spiro atoms. The number of ether oxygens (including phenoxy) is 1. The van der Waals surface area contributed by atoms with Crippen LogP contribution in [0.3, 0.4) is 0 Å². The van der Waals surface area contributed by atoms with E-state index < -0.39 is 5.82 Å². The molecule has 2 aromatic heterocycles. The fourth-order valence-electron chi connectivity index (χ4n) is 2.24. The Morgan fingerprint density at radius 1 is 1.12 bits per heavy atom. The maximum Gasteiger partial charge on any atom is 0.180 e. The average Bonchev–Trinajstić information content (AvgIpc) is 2.63. The van der Waals surface area contributed by atoms with Crippen LogP contribution in [0.25, 0.3) is 11.5 Å². The van der Waals surface area contributed by atoms with Crippen molar-refractivity contribution in [3.63, 3.8) is 0 Å². The summed E-state index contributed by atoms with van der Waals surface area (Å²) in [5, 5.41) is 3.17. The first-order valence-corrected chi connectivity index (χ1v) is 7.59. The van der Waals surface area contributed by atoms with Gasteiger partial charge in [-0.05, 0) is 30.7 Å². The van der Waals surface area contributed by atoms with Gasteiger partial charge in [-0.25, -0.2) is 14.4 Å². The smallest absolute Gasteiger partial charge is 0.180 e. The van der Waals surface area contributed by atoms with E-state index in [0.29, 0.717) is 23.0 Å². The summed E-state index contributed by atoms with van der Waals surface area (Å²) in [6, 6.07) is 12.0. The summed E-state index contributed by atoms with van der Waals surface area (Å²) in [5.74, 6) is 0.937. The van der Waals surface area contributed by atoms with E-state index in [-0.39, 0.29) is 5.75 Å². The quantitative estimate of drug-likeness (QED) is 0.769. The predicted molar refractivity (Wildman–Crippen MR) is 90.9 cm³/mol. The highest BCUT2D eigenvalue weighted by atomic mass is 19.1. The molecular formula is C18H17FN4O. The highest BCUT2D eigenvalue weighted by molar-refractivity contribution is 5.61. The van der Waals surface area contributed by atoms with E-state index in [1.807, 2.05) is 31.2 Å². The Bertz CT molecular complexity index is 840. The minimum Gasteiger partial charge on any atom is -0.494 e. The number of rotatable bonds is 5. The summed E-state index contributed by atoms with van der Waals surface area (Å²) in [5.41, 5.74) is 2.27. The molecule has 1 N–H and O–H groups in total. The maximum absolute atomic E-state index is 13.5. The standard InChI is InChI=1S/C18H17FN4O/c1-3-12-11-17(21-13-7-8-14(19)16(10-13)24-2)23-18(22-12)15-6-4-5-9-20-15/h4-11H,3H2,1-2H3,(H,21,22,23). The molecule has 2 heterocycles. The lowest BCUT2D eigenvalue weighted by atomic mass is 10.2. The Labute approximate surface area is 139 Å². The summed E-state index contributed by atoms with van der Waals surface area (Å²) in [6.07, 6.45) is 2.47. The molecule has 0 atom stereocenters. The monoisotopic (exact) mass is 324 g/mol. The first kappa shape index (κ1) is 15.9. The van der Waals surface area contributed by atoms with Gasteiger partial charge in [0.1, 0.15) is 11.5 Å². The van der Waals surface area contributed by atoms with Crippen molar-refractivity contribution in [1.29, 1.82) is 0 Å². The zero-order valence-electron chi connectivity index (χ0n) is 13.5. The SMILES string of the molecule is CCc1cc(Nc2ccc(F)c(OC)c2)nc(-c2ccccn2)n1. The molecular weight excluding hydrogens is 307 g/mol. The summed E-state index contributed by atoms with van der Waals surface area (Å²) in [6.45, 7) is 2.02. The second-order valence-corrected chi connectivity index (χ2v) is 5.11. The van der Waals surface area contributed by atoms with Gasteiger partial charge in [-0.15, -0.1) is 0 Å². The van der Waals surface area contributed by atoms with Crippen molar-refractivity contribution in [2.75, 3.05) is 12.4 Å². The summed E-state index contributed by atoms with van der Waals surface area (Å²) in [4.78, 5) is 13.3. The number of aromatic nitrogens is 3. The van der Waals surface area contributed by atoms with Crippen LogP contribution >= 0.6 is 0 Å². The van der Waals surface area contributed by atoms with Crippen molar-refractivity contribution >= 4 is 11.5 Å². The van der Waals surface area contributed by atoms with Gasteiger partial charge in [0.05, 0.1) is 7.11 Å². The van der Waals surface area contributed by atoms with Crippen LogP contribution in [0, 0.1) is 5.82 Å². The Morgan fingerprint density at radius 2 is 2.00 bits per heavy atom. The number of methoxy groups -OCH3 is 1. The second kappa shape index (κ2) is 7.04. The van der Waals surface area contributed by atoms with E-state index in [1.165, 1.54) is 13.2 Å². The van der Waals surface area contributed by atoms with Gasteiger partial charge in [0, 0.05) is 29.7 Å². The first-order chi connectivity index (χ1) is 11.7. The summed E-state index contributed by atoms with van der Waals surface area (Å²) >= 11 is 0. The molecule has 0 aliphatic heterocycles. The topological polar surface area (TPSA) is 59.9 Å². The molecule has 0 saturated carbocycles. The molecule has 0 fully saturated rings. The van der Waals surface area contributed by atoms with Crippen LogP contribution in [-0.2, 0) is 6.42 Å². The molecule has 0 bridgehead atoms. The number of anilines is 2. The van der Waals surface area contributed by atoms with Gasteiger partial charge in [-0.3, -0.25) is 4.98 Å². The second-order valence-electron chi connectivity index (χ2n) is 5.11. The van der Waals surface area contributed by atoms with Crippen LogP contribution < -0.4 is 10.1 Å². The van der Waals surface area contributed by atoms with E-state index in [2.05, 4.69) is 20.3 Å².